The van der Waals surface area contributed by atoms with Crippen LogP contribution in [0.1, 0.15) is 44.6 Å². The number of nitrogens with zero attached hydrogens (tertiary/aromatic N) is 1. The molecular weight excluding hydrogens is 240 g/mol. The summed E-state index contributed by atoms with van der Waals surface area (Å²) in [5.74, 6) is 0.664. The Balaban J connectivity index is 2.11. The van der Waals surface area contributed by atoms with E-state index in [0.29, 0.717) is 12.0 Å². The zero-order valence-corrected chi connectivity index (χ0v) is 11.7. The molecule has 1 N–H and O–H groups in total. The minimum Gasteiger partial charge on any atom is -0.382 e. The predicted molar refractivity (Wildman–Crippen MR) is 77.5 cm³/mol. The molecule has 2 atom stereocenters. The Morgan fingerprint density at radius 1 is 1.26 bits per heavy atom. The van der Waals surface area contributed by atoms with Crippen molar-refractivity contribution in [3.8, 4) is 0 Å². The normalized spacial score (nSPS) is 23.7. The Hall–Kier alpha value is -1.58. The molecule has 4 heteroatoms. The van der Waals surface area contributed by atoms with Gasteiger partial charge in [-0.2, -0.15) is 0 Å². The minimum absolute atomic E-state index is 0.164. The van der Waals surface area contributed by atoms with Gasteiger partial charge in [0.15, 0.2) is 0 Å². The highest BCUT2D eigenvalue weighted by Crippen LogP contribution is 2.28. The van der Waals surface area contributed by atoms with Crippen molar-refractivity contribution >= 4 is 11.4 Å². The molecule has 1 aliphatic carbocycles. The van der Waals surface area contributed by atoms with Crippen molar-refractivity contribution in [3.05, 3.63) is 33.9 Å². The molecule has 0 amide bonds. The van der Waals surface area contributed by atoms with Gasteiger partial charge in [0.1, 0.15) is 0 Å². The Kier molecular flexibility index (Phi) is 4.40. The van der Waals surface area contributed by atoms with E-state index in [4.69, 9.17) is 0 Å². The molecule has 1 aromatic rings. The van der Waals surface area contributed by atoms with Gasteiger partial charge in [0.05, 0.1) is 4.92 Å². The molecule has 0 spiro atoms. The number of non-ortho nitro benzene ring substituents is 1. The molecule has 0 aromatic heterocycles. The van der Waals surface area contributed by atoms with Crippen LogP contribution < -0.4 is 5.32 Å². The van der Waals surface area contributed by atoms with Gasteiger partial charge >= 0.3 is 0 Å². The zero-order chi connectivity index (χ0) is 13.8. The van der Waals surface area contributed by atoms with Gasteiger partial charge in [0, 0.05) is 23.9 Å². The predicted octanol–water partition coefficient (Wildman–Crippen LogP) is 4.28. The lowest BCUT2D eigenvalue weighted by atomic mass is 9.96. The molecule has 0 heterocycles. The summed E-state index contributed by atoms with van der Waals surface area (Å²) in [7, 11) is 0. The Morgan fingerprint density at radius 2 is 2.00 bits per heavy atom. The number of hydrogen-bond acceptors (Lipinski definition) is 3. The largest absolute Gasteiger partial charge is 0.382 e. The average molecular weight is 262 g/mol. The van der Waals surface area contributed by atoms with Crippen molar-refractivity contribution in [2.45, 2.75) is 52.0 Å². The van der Waals surface area contributed by atoms with E-state index in [1.807, 2.05) is 13.0 Å². The Morgan fingerprint density at radius 3 is 2.68 bits per heavy atom. The van der Waals surface area contributed by atoms with E-state index in [-0.39, 0.29) is 10.6 Å². The van der Waals surface area contributed by atoms with Crippen LogP contribution >= 0.6 is 0 Å². The fourth-order valence-electron chi connectivity index (χ4n) is 2.83. The molecule has 104 valence electrons. The third kappa shape index (κ3) is 3.46. The monoisotopic (exact) mass is 262 g/mol. The quantitative estimate of drug-likeness (QED) is 0.502. The molecule has 0 bridgehead atoms. The summed E-state index contributed by atoms with van der Waals surface area (Å²) in [4.78, 5) is 10.4. The fraction of sp³-hybridized carbons (Fsp3) is 0.600. The summed E-state index contributed by atoms with van der Waals surface area (Å²) in [6.07, 6.45) is 6.37. The lowest BCUT2D eigenvalue weighted by Gasteiger charge is -2.24. The van der Waals surface area contributed by atoms with E-state index in [0.717, 1.165) is 11.3 Å². The number of benzene rings is 1. The fourth-order valence-corrected chi connectivity index (χ4v) is 2.83. The van der Waals surface area contributed by atoms with Crippen molar-refractivity contribution in [1.82, 2.24) is 0 Å². The van der Waals surface area contributed by atoms with Crippen molar-refractivity contribution in [2.24, 2.45) is 5.92 Å². The second-order valence-corrected chi connectivity index (χ2v) is 5.62. The topological polar surface area (TPSA) is 55.2 Å². The summed E-state index contributed by atoms with van der Waals surface area (Å²) in [5.41, 5.74) is 2.15. The van der Waals surface area contributed by atoms with Gasteiger partial charge in [0.25, 0.3) is 5.69 Å². The number of aryl methyl sites for hydroxylation is 1. The molecule has 2 rings (SSSR count). The smallest absolute Gasteiger partial charge is 0.269 e. The highest BCUT2D eigenvalue weighted by molar-refractivity contribution is 5.56. The van der Waals surface area contributed by atoms with E-state index >= 15 is 0 Å². The van der Waals surface area contributed by atoms with Gasteiger partial charge in [-0.25, -0.2) is 0 Å². The van der Waals surface area contributed by atoms with Crippen molar-refractivity contribution in [1.29, 1.82) is 0 Å². The minimum atomic E-state index is -0.342. The molecule has 4 nitrogen and oxygen atoms in total. The van der Waals surface area contributed by atoms with Crippen LogP contribution in [-0.4, -0.2) is 11.0 Å². The molecule has 1 fully saturated rings. The SMILES string of the molecule is Cc1cc([N+](=O)[O-])ccc1NC1CCCCCC1C. The van der Waals surface area contributed by atoms with Crippen LogP contribution in [0, 0.1) is 23.0 Å². The van der Waals surface area contributed by atoms with Gasteiger partial charge in [-0.1, -0.05) is 26.2 Å². The first-order valence-corrected chi connectivity index (χ1v) is 7.09. The van der Waals surface area contributed by atoms with Crippen molar-refractivity contribution in [3.63, 3.8) is 0 Å². The summed E-state index contributed by atoms with van der Waals surface area (Å²) in [6, 6.07) is 5.55. The number of anilines is 1. The molecule has 1 aromatic carbocycles. The van der Waals surface area contributed by atoms with Gasteiger partial charge < -0.3 is 5.32 Å². The average Bonchev–Trinajstić information content (AvgIpc) is 2.57. The van der Waals surface area contributed by atoms with E-state index in [2.05, 4.69) is 12.2 Å². The number of rotatable bonds is 3. The highest BCUT2D eigenvalue weighted by Gasteiger charge is 2.20. The van der Waals surface area contributed by atoms with Crippen LogP contribution in [0.2, 0.25) is 0 Å². The molecule has 0 aliphatic heterocycles. The maximum absolute atomic E-state index is 10.7. The highest BCUT2D eigenvalue weighted by atomic mass is 16.6. The van der Waals surface area contributed by atoms with Gasteiger partial charge in [-0.15, -0.1) is 0 Å². The first kappa shape index (κ1) is 13.8. The van der Waals surface area contributed by atoms with Gasteiger partial charge in [0.2, 0.25) is 0 Å². The van der Waals surface area contributed by atoms with Crippen molar-refractivity contribution in [2.75, 3.05) is 5.32 Å². The van der Waals surface area contributed by atoms with Gasteiger partial charge in [-0.05, 0) is 37.3 Å². The first-order chi connectivity index (χ1) is 9.08. The Bertz CT molecular complexity index is 459. The summed E-state index contributed by atoms with van der Waals surface area (Å²) < 4.78 is 0. The number of nitro benzene ring substituents is 1. The van der Waals surface area contributed by atoms with Gasteiger partial charge in [-0.3, -0.25) is 10.1 Å². The van der Waals surface area contributed by atoms with Crippen molar-refractivity contribution < 1.29 is 4.92 Å². The molecular formula is C15H22N2O2. The molecule has 1 saturated carbocycles. The van der Waals surface area contributed by atoms with Crippen LogP contribution in [-0.2, 0) is 0 Å². The maximum Gasteiger partial charge on any atom is 0.269 e. The van der Waals surface area contributed by atoms with E-state index < -0.39 is 0 Å². The van der Waals surface area contributed by atoms with Crippen LogP contribution in [0.5, 0.6) is 0 Å². The second kappa shape index (κ2) is 6.04. The number of hydrogen-bond donors (Lipinski definition) is 1. The van der Waals surface area contributed by atoms with E-state index in [1.54, 1.807) is 12.1 Å². The standard InChI is InChI=1S/C15H22N2O2/c1-11-6-4-3-5-7-14(11)16-15-9-8-13(17(18)19)10-12(15)2/h8-11,14,16H,3-7H2,1-2H3. The van der Waals surface area contributed by atoms with Crippen LogP contribution in [0.4, 0.5) is 11.4 Å². The van der Waals surface area contributed by atoms with E-state index in [9.17, 15) is 10.1 Å². The third-order valence-electron chi connectivity index (χ3n) is 4.12. The first-order valence-electron chi connectivity index (χ1n) is 7.09. The summed E-state index contributed by atoms with van der Waals surface area (Å²) in [6.45, 7) is 4.22. The Labute approximate surface area is 114 Å². The van der Waals surface area contributed by atoms with E-state index in [1.165, 1.54) is 32.1 Å². The molecule has 0 radical (unpaired) electrons. The lowest BCUT2D eigenvalue weighted by molar-refractivity contribution is -0.384. The lowest BCUT2D eigenvalue weighted by Crippen LogP contribution is -2.26. The summed E-state index contributed by atoms with van der Waals surface area (Å²) >= 11 is 0. The molecule has 0 saturated heterocycles. The molecule has 19 heavy (non-hydrogen) atoms. The zero-order valence-electron chi connectivity index (χ0n) is 11.7. The van der Waals surface area contributed by atoms with Crippen LogP contribution in [0.15, 0.2) is 18.2 Å². The number of nitrogens with one attached hydrogen (secondary N) is 1. The molecule has 2 unspecified atom stereocenters. The summed E-state index contributed by atoms with van der Waals surface area (Å²) in [5, 5.41) is 14.3. The maximum atomic E-state index is 10.7. The third-order valence-corrected chi connectivity index (χ3v) is 4.12. The second-order valence-electron chi connectivity index (χ2n) is 5.62. The molecule has 1 aliphatic rings. The van der Waals surface area contributed by atoms with Crippen LogP contribution in [0.25, 0.3) is 0 Å². The number of nitro groups is 1. The van der Waals surface area contributed by atoms with Crippen LogP contribution in [0.3, 0.4) is 0 Å².